The number of hydrogen-bond donors (Lipinski definition) is 4. The lowest BCUT2D eigenvalue weighted by molar-refractivity contribution is -0.156. The van der Waals surface area contributed by atoms with Crippen molar-refractivity contribution in [3.8, 4) is 0 Å². The third kappa shape index (κ3) is 12.3. The lowest BCUT2D eigenvalue weighted by Gasteiger charge is -2.47. The maximum absolute atomic E-state index is 14.5. The number of nitrogens with zero attached hydrogens (tertiary/aromatic N) is 2. The van der Waals surface area contributed by atoms with Crippen molar-refractivity contribution in [2.75, 3.05) is 19.3 Å². The second-order valence-corrected chi connectivity index (χ2v) is 19.1. The van der Waals surface area contributed by atoms with E-state index in [1.54, 1.807) is 0 Å². The maximum Gasteiger partial charge on any atom is 0.306 e. The van der Waals surface area contributed by atoms with Crippen LogP contribution < -0.4 is 16.0 Å². The van der Waals surface area contributed by atoms with Crippen molar-refractivity contribution in [2.24, 2.45) is 11.8 Å². The number of carbonyl (C=O) groups excluding carboxylic acids is 4. The molecule has 1 aromatic heterocycles. The summed E-state index contributed by atoms with van der Waals surface area (Å²) in [6, 6.07) is 8.95. The lowest BCUT2D eigenvalue weighted by atomic mass is 9.72. The average Bonchev–Trinajstić information content (AvgIpc) is 3.11. The van der Waals surface area contributed by atoms with Gasteiger partial charge in [-0.15, -0.1) is 0 Å². The SMILES string of the molecule is CC(C)(C)NC(=O)[C@@H]1C[C@@H]2CCCC[C@@H]2CN1C[C@@H](OC(=O)CCC(=O)O)[C@H](Cc1ccccc1)NC(=O)[C@@H](NC(=O)c1cccnc1)C(C)(C)S(C)(=O)=O. The molecule has 2 fully saturated rings. The van der Waals surface area contributed by atoms with Crippen LogP contribution >= 0.6 is 0 Å². The second-order valence-electron chi connectivity index (χ2n) is 16.5. The van der Waals surface area contributed by atoms with Crippen molar-refractivity contribution in [1.82, 2.24) is 25.8 Å². The Morgan fingerprint density at radius 2 is 1.62 bits per heavy atom. The summed E-state index contributed by atoms with van der Waals surface area (Å²) in [6.45, 7) is 8.97. The van der Waals surface area contributed by atoms with Gasteiger partial charge in [0.1, 0.15) is 12.1 Å². The Morgan fingerprint density at radius 3 is 2.22 bits per heavy atom. The number of rotatable bonds is 16. The summed E-state index contributed by atoms with van der Waals surface area (Å²) >= 11 is 0. The van der Waals surface area contributed by atoms with Gasteiger partial charge in [0, 0.05) is 37.3 Å². The number of piperidine rings is 1. The van der Waals surface area contributed by atoms with Crippen LogP contribution in [0.25, 0.3) is 0 Å². The number of carboxylic acid groups (broad SMARTS) is 1. The Morgan fingerprint density at radius 1 is 0.945 bits per heavy atom. The number of esters is 1. The molecule has 0 bridgehead atoms. The molecule has 2 aromatic rings. The molecule has 1 saturated carbocycles. The van der Waals surface area contributed by atoms with Crippen LogP contribution in [0.1, 0.15) is 95.5 Å². The van der Waals surface area contributed by atoms with E-state index >= 15 is 0 Å². The van der Waals surface area contributed by atoms with Gasteiger partial charge in [0.05, 0.1) is 35.2 Å². The first kappa shape index (κ1) is 43.4. The van der Waals surface area contributed by atoms with Crippen molar-refractivity contribution in [3.63, 3.8) is 0 Å². The molecule has 1 aromatic carbocycles. The molecule has 6 atom stereocenters. The van der Waals surface area contributed by atoms with Gasteiger partial charge in [0.25, 0.3) is 5.91 Å². The molecule has 302 valence electrons. The third-order valence-corrected chi connectivity index (χ3v) is 12.9. The zero-order valence-electron chi connectivity index (χ0n) is 32.7. The first-order valence-electron chi connectivity index (χ1n) is 19.0. The highest BCUT2D eigenvalue weighted by molar-refractivity contribution is 7.92. The number of aromatic nitrogens is 1. The van der Waals surface area contributed by atoms with E-state index in [0.717, 1.165) is 37.5 Å². The number of nitrogens with one attached hydrogen (secondary N) is 3. The van der Waals surface area contributed by atoms with Gasteiger partial charge in [-0.2, -0.15) is 0 Å². The Hall–Kier alpha value is -4.37. The van der Waals surface area contributed by atoms with Crippen LogP contribution in [-0.4, -0.2) is 107 Å². The molecule has 2 heterocycles. The first-order chi connectivity index (χ1) is 25.7. The minimum absolute atomic E-state index is 0.0181. The van der Waals surface area contributed by atoms with E-state index in [1.165, 1.54) is 38.4 Å². The third-order valence-electron chi connectivity index (χ3n) is 10.7. The van der Waals surface area contributed by atoms with Gasteiger partial charge in [0.2, 0.25) is 11.8 Å². The van der Waals surface area contributed by atoms with E-state index in [-0.39, 0.29) is 24.4 Å². The second kappa shape index (κ2) is 18.5. The Kier molecular flexibility index (Phi) is 14.6. The van der Waals surface area contributed by atoms with Crippen LogP contribution in [0.5, 0.6) is 0 Å². The van der Waals surface area contributed by atoms with E-state index in [1.807, 2.05) is 56.0 Å². The normalized spacial score (nSPS) is 20.9. The Bertz CT molecular complexity index is 1770. The van der Waals surface area contributed by atoms with Gasteiger partial charge >= 0.3 is 11.9 Å². The standard InChI is InChI=1S/C40H57N5O9S/c1-39(2,3)44-37(50)31-22-27-15-10-11-16-29(27)24-45(31)25-32(54-34(48)19-18-33(46)47)30(21-26-13-8-7-9-14-26)42-38(51)35(40(4,5)55(6,52)53)43-36(49)28-17-12-20-41-23-28/h7-9,12-14,17,20,23,27,29-32,35H,10-11,15-16,18-19,21-22,24-25H2,1-6H3,(H,42,51)(H,43,49)(H,44,50)(H,46,47)/t27-,29+,30-,31-,32+,35+/m0/s1. The van der Waals surface area contributed by atoms with E-state index in [4.69, 9.17) is 4.74 Å². The molecule has 4 N–H and O–H groups in total. The van der Waals surface area contributed by atoms with Gasteiger partial charge in [0.15, 0.2) is 9.84 Å². The van der Waals surface area contributed by atoms with Gasteiger partial charge < -0.3 is 25.8 Å². The molecule has 14 nitrogen and oxygen atoms in total. The van der Waals surface area contributed by atoms with Crippen molar-refractivity contribution in [3.05, 3.63) is 66.0 Å². The predicted octanol–water partition coefficient (Wildman–Crippen LogP) is 3.30. The van der Waals surface area contributed by atoms with Crippen LogP contribution in [-0.2, 0) is 40.2 Å². The summed E-state index contributed by atoms with van der Waals surface area (Å²) in [5.41, 5.74) is 0.354. The number of likely N-dealkylation sites (tertiary alicyclic amines) is 1. The van der Waals surface area contributed by atoms with Crippen molar-refractivity contribution in [1.29, 1.82) is 0 Å². The first-order valence-corrected chi connectivity index (χ1v) is 20.9. The van der Waals surface area contributed by atoms with E-state index in [9.17, 15) is 37.5 Å². The fourth-order valence-electron chi connectivity index (χ4n) is 7.43. The number of benzene rings is 1. The number of amides is 3. The summed E-state index contributed by atoms with van der Waals surface area (Å²) in [5.74, 6) is -3.06. The molecule has 0 spiro atoms. The molecule has 1 saturated heterocycles. The summed E-state index contributed by atoms with van der Waals surface area (Å²) in [6.07, 6.45) is 6.60. The van der Waals surface area contributed by atoms with E-state index < -0.39 is 80.9 Å². The van der Waals surface area contributed by atoms with Crippen LogP contribution in [0.15, 0.2) is 54.9 Å². The quantitative estimate of drug-likeness (QED) is 0.182. The van der Waals surface area contributed by atoms with Crippen LogP contribution in [0.3, 0.4) is 0 Å². The number of carboxylic acids is 1. The Balaban J connectivity index is 1.77. The van der Waals surface area contributed by atoms with Gasteiger partial charge in [-0.05, 0) is 83.4 Å². The number of sulfone groups is 1. The molecule has 0 radical (unpaired) electrons. The zero-order valence-corrected chi connectivity index (χ0v) is 33.6. The monoisotopic (exact) mass is 783 g/mol. The molecule has 0 unspecified atom stereocenters. The fourth-order valence-corrected chi connectivity index (χ4v) is 8.03. The summed E-state index contributed by atoms with van der Waals surface area (Å²) in [7, 11) is -3.97. The van der Waals surface area contributed by atoms with E-state index in [0.29, 0.717) is 24.8 Å². The molecular weight excluding hydrogens is 727 g/mol. The topological polar surface area (TPSA) is 201 Å². The van der Waals surface area contributed by atoms with Crippen molar-refractivity contribution in [2.45, 2.75) is 121 Å². The highest BCUT2D eigenvalue weighted by atomic mass is 32.2. The highest BCUT2D eigenvalue weighted by Crippen LogP contribution is 2.39. The molecule has 1 aliphatic carbocycles. The predicted molar refractivity (Wildman–Crippen MR) is 207 cm³/mol. The largest absolute Gasteiger partial charge is 0.481 e. The molecule has 1 aliphatic heterocycles. The number of fused-ring (bicyclic) bond motifs is 1. The fraction of sp³-hybridized carbons (Fsp3) is 0.600. The van der Waals surface area contributed by atoms with Gasteiger partial charge in [-0.3, -0.25) is 33.9 Å². The molecule has 55 heavy (non-hydrogen) atoms. The van der Waals surface area contributed by atoms with E-state index in [2.05, 4.69) is 20.9 Å². The number of pyridine rings is 1. The molecular formula is C40H57N5O9S. The molecule has 2 aliphatic rings. The van der Waals surface area contributed by atoms with Crippen LogP contribution in [0, 0.1) is 11.8 Å². The van der Waals surface area contributed by atoms with Crippen molar-refractivity contribution >= 4 is 39.5 Å². The molecule has 15 heteroatoms. The van der Waals surface area contributed by atoms with Gasteiger partial charge in [-0.1, -0.05) is 49.6 Å². The smallest absolute Gasteiger partial charge is 0.306 e. The summed E-state index contributed by atoms with van der Waals surface area (Å²) < 4.78 is 30.6. The average molecular weight is 784 g/mol. The number of aliphatic carboxylic acids is 1. The number of hydrogen-bond acceptors (Lipinski definition) is 10. The minimum atomic E-state index is -3.97. The summed E-state index contributed by atoms with van der Waals surface area (Å²) in [4.78, 5) is 72.6. The van der Waals surface area contributed by atoms with Crippen LogP contribution in [0.4, 0.5) is 0 Å². The number of ether oxygens (including phenoxy) is 1. The van der Waals surface area contributed by atoms with Crippen molar-refractivity contribution < 1.29 is 42.2 Å². The summed E-state index contributed by atoms with van der Waals surface area (Å²) in [5, 5.41) is 18.0. The zero-order chi connectivity index (χ0) is 40.6. The number of carbonyl (C=O) groups is 5. The molecule has 3 amide bonds. The van der Waals surface area contributed by atoms with Crippen LogP contribution in [0.2, 0.25) is 0 Å². The minimum Gasteiger partial charge on any atom is -0.481 e. The lowest BCUT2D eigenvalue weighted by Crippen LogP contribution is -2.64. The molecule has 4 rings (SSSR count). The highest BCUT2D eigenvalue weighted by Gasteiger charge is 2.47. The Labute approximate surface area is 324 Å². The van der Waals surface area contributed by atoms with Gasteiger partial charge in [-0.25, -0.2) is 8.42 Å². The maximum atomic E-state index is 14.5.